The highest BCUT2D eigenvalue weighted by atomic mass is 35.5. The third-order valence-electron chi connectivity index (χ3n) is 5.98. The van der Waals surface area contributed by atoms with Gasteiger partial charge in [-0.2, -0.15) is 0 Å². The van der Waals surface area contributed by atoms with Crippen molar-refractivity contribution in [3.8, 4) is 5.75 Å². The van der Waals surface area contributed by atoms with Gasteiger partial charge in [-0.05, 0) is 47.0 Å². The predicted molar refractivity (Wildman–Crippen MR) is 147 cm³/mol. The summed E-state index contributed by atoms with van der Waals surface area (Å²) in [5, 5.41) is 15.1. The van der Waals surface area contributed by atoms with E-state index in [4.69, 9.17) is 37.4 Å². The van der Waals surface area contributed by atoms with Crippen molar-refractivity contribution in [1.82, 2.24) is 5.32 Å². The van der Waals surface area contributed by atoms with E-state index in [0.717, 1.165) is 23.3 Å². The fourth-order valence-corrected chi connectivity index (χ4v) is 4.84. The highest BCUT2D eigenvalue weighted by molar-refractivity contribution is 6.34. The molecule has 0 amide bonds. The van der Waals surface area contributed by atoms with Crippen LogP contribution >= 0.6 is 35.6 Å². The van der Waals surface area contributed by atoms with E-state index < -0.39 is 6.10 Å². The van der Waals surface area contributed by atoms with Crippen molar-refractivity contribution in [3.63, 3.8) is 0 Å². The van der Waals surface area contributed by atoms with Gasteiger partial charge in [0.1, 0.15) is 5.75 Å². The van der Waals surface area contributed by atoms with Crippen LogP contribution in [-0.2, 0) is 22.7 Å². The Labute approximate surface area is 229 Å². The number of β-amino-alcohol motifs (C(OH)–C–C–N with tert-alkyl or cyclic N) is 1. The number of halogens is 3. The molecule has 36 heavy (non-hydrogen) atoms. The molecule has 1 fully saturated rings. The molecular weight excluding hydrogens is 521 g/mol. The van der Waals surface area contributed by atoms with Gasteiger partial charge < -0.3 is 24.6 Å². The second-order valence-electron chi connectivity index (χ2n) is 8.69. The number of ether oxygens (including phenoxy) is 3. The maximum atomic E-state index is 10.7. The molecule has 1 aliphatic rings. The lowest BCUT2D eigenvalue weighted by molar-refractivity contribution is -0.0328. The molecule has 4 rings (SSSR count). The van der Waals surface area contributed by atoms with Crippen LogP contribution in [0.2, 0.25) is 10.0 Å². The summed E-state index contributed by atoms with van der Waals surface area (Å²) >= 11 is 12.2. The van der Waals surface area contributed by atoms with Gasteiger partial charge in [0.25, 0.3) is 0 Å². The smallest absolute Gasteiger partial charge is 0.119 e. The van der Waals surface area contributed by atoms with E-state index in [1.54, 1.807) is 6.07 Å². The zero-order valence-corrected chi connectivity index (χ0v) is 22.3. The van der Waals surface area contributed by atoms with Crippen LogP contribution in [0, 0.1) is 0 Å². The molecule has 8 heteroatoms. The van der Waals surface area contributed by atoms with Gasteiger partial charge in [0.15, 0.2) is 0 Å². The summed E-state index contributed by atoms with van der Waals surface area (Å²) < 4.78 is 17.8. The zero-order valence-electron chi connectivity index (χ0n) is 19.9. The van der Waals surface area contributed by atoms with E-state index in [9.17, 15) is 5.11 Å². The molecule has 5 nitrogen and oxygen atoms in total. The van der Waals surface area contributed by atoms with E-state index in [0.29, 0.717) is 49.6 Å². The third-order valence-corrected chi connectivity index (χ3v) is 6.42. The molecule has 0 radical (unpaired) electrons. The van der Waals surface area contributed by atoms with E-state index in [2.05, 4.69) is 17.4 Å². The number of benzene rings is 3. The van der Waals surface area contributed by atoms with Gasteiger partial charge in [-0.1, -0.05) is 65.7 Å². The summed E-state index contributed by atoms with van der Waals surface area (Å²) in [5.74, 6) is 0.651. The Bertz CT molecular complexity index is 1030. The van der Waals surface area contributed by atoms with Crippen molar-refractivity contribution in [1.29, 1.82) is 0 Å². The standard InChI is InChI=1S/C28H31Cl2NO4.ClH/c29-23-13-21(14-24(30)15-23)19-35-27-17-31-16-26(32)28(27)22-7-9-25(10-8-22)34-12-4-11-33-18-20-5-2-1-3-6-20;/h1-3,5-10,13-15,26-28,31-32H,4,11-12,16-19H2;1H. The molecule has 0 saturated carbocycles. The van der Waals surface area contributed by atoms with Crippen LogP contribution in [-0.4, -0.2) is 43.6 Å². The molecule has 0 spiro atoms. The molecular formula is C28H32Cl3NO4. The number of nitrogens with one attached hydrogen (secondary N) is 1. The normalized spacial score (nSPS) is 19.5. The van der Waals surface area contributed by atoms with Crippen molar-refractivity contribution >= 4 is 35.6 Å². The Balaban J connectivity index is 0.00000361. The van der Waals surface area contributed by atoms with Crippen molar-refractivity contribution < 1.29 is 19.3 Å². The SMILES string of the molecule is Cl.OC1CNCC(OCc2cc(Cl)cc(Cl)c2)C1c1ccc(OCCCOCc2ccccc2)cc1. The highest BCUT2D eigenvalue weighted by Gasteiger charge is 2.34. The van der Waals surface area contributed by atoms with Crippen LogP contribution in [0.5, 0.6) is 5.75 Å². The van der Waals surface area contributed by atoms with Crippen LogP contribution in [0.25, 0.3) is 0 Å². The number of aliphatic hydroxyl groups excluding tert-OH is 1. The minimum Gasteiger partial charge on any atom is -0.494 e. The van der Waals surface area contributed by atoms with Crippen LogP contribution in [0.4, 0.5) is 0 Å². The molecule has 3 aromatic rings. The molecule has 0 aliphatic carbocycles. The average Bonchev–Trinajstić information content (AvgIpc) is 2.85. The Morgan fingerprint density at radius 1 is 0.833 bits per heavy atom. The molecule has 0 bridgehead atoms. The number of hydrogen-bond acceptors (Lipinski definition) is 5. The van der Waals surface area contributed by atoms with Gasteiger partial charge in [-0.15, -0.1) is 12.4 Å². The Kier molecular flexibility index (Phi) is 11.8. The second-order valence-corrected chi connectivity index (χ2v) is 9.56. The fraction of sp³-hybridized carbons (Fsp3) is 0.357. The van der Waals surface area contributed by atoms with E-state index in [1.165, 1.54) is 5.56 Å². The number of rotatable bonds is 11. The molecule has 3 aromatic carbocycles. The van der Waals surface area contributed by atoms with Gasteiger partial charge in [-0.25, -0.2) is 0 Å². The summed E-state index contributed by atoms with van der Waals surface area (Å²) in [5.41, 5.74) is 3.09. The lowest BCUT2D eigenvalue weighted by atomic mass is 9.85. The molecule has 3 atom stereocenters. The van der Waals surface area contributed by atoms with Crippen LogP contribution < -0.4 is 10.1 Å². The molecule has 2 N–H and O–H groups in total. The lowest BCUT2D eigenvalue weighted by Gasteiger charge is -2.36. The van der Waals surface area contributed by atoms with Crippen LogP contribution in [0.1, 0.15) is 29.0 Å². The third kappa shape index (κ3) is 8.63. The first-order valence-corrected chi connectivity index (χ1v) is 12.6. The fourth-order valence-electron chi connectivity index (χ4n) is 4.27. The van der Waals surface area contributed by atoms with Crippen LogP contribution in [0.3, 0.4) is 0 Å². The summed E-state index contributed by atoms with van der Waals surface area (Å²) in [6.45, 7) is 3.38. The van der Waals surface area contributed by atoms with Gasteiger partial charge in [0.2, 0.25) is 0 Å². The number of aliphatic hydroxyl groups is 1. The molecule has 1 heterocycles. The zero-order chi connectivity index (χ0) is 24.5. The van der Waals surface area contributed by atoms with Crippen molar-refractivity contribution in [3.05, 3.63) is 99.5 Å². The molecule has 194 valence electrons. The van der Waals surface area contributed by atoms with E-state index >= 15 is 0 Å². The van der Waals surface area contributed by atoms with E-state index in [-0.39, 0.29) is 24.4 Å². The van der Waals surface area contributed by atoms with Crippen molar-refractivity contribution in [2.24, 2.45) is 0 Å². The topological polar surface area (TPSA) is 60.0 Å². The maximum absolute atomic E-state index is 10.7. The van der Waals surface area contributed by atoms with E-state index in [1.807, 2.05) is 54.6 Å². The summed E-state index contributed by atoms with van der Waals surface area (Å²) in [4.78, 5) is 0. The summed E-state index contributed by atoms with van der Waals surface area (Å²) in [6, 6.07) is 23.4. The van der Waals surface area contributed by atoms with Gasteiger partial charge in [0, 0.05) is 35.5 Å². The Morgan fingerprint density at radius 3 is 2.28 bits per heavy atom. The van der Waals surface area contributed by atoms with Gasteiger partial charge in [-0.3, -0.25) is 0 Å². The molecule has 0 aromatic heterocycles. The maximum Gasteiger partial charge on any atom is 0.119 e. The minimum atomic E-state index is -0.551. The average molecular weight is 553 g/mol. The van der Waals surface area contributed by atoms with Gasteiger partial charge in [0.05, 0.1) is 38.6 Å². The largest absolute Gasteiger partial charge is 0.494 e. The number of piperidine rings is 1. The van der Waals surface area contributed by atoms with Crippen molar-refractivity contribution in [2.75, 3.05) is 26.3 Å². The van der Waals surface area contributed by atoms with Crippen molar-refractivity contribution in [2.45, 2.75) is 37.8 Å². The first kappa shape index (κ1) is 28.7. The summed E-state index contributed by atoms with van der Waals surface area (Å²) in [7, 11) is 0. The Morgan fingerprint density at radius 2 is 1.56 bits per heavy atom. The second kappa shape index (κ2) is 14.8. The molecule has 1 aliphatic heterocycles. The lowest BCUT2D eigenvalue weighted by Crippen LogP contribution is -2.49. The van der Waals surface area contributed by atoms with Crippen LogP contribution in [0.15, 0.2) is 72.8 Å². The summed E-state index contributed by atoms with van der Waals surface area (Å²) in [6.07, 6.45) is 0.0701. The minimum absolute atomic E-state index is 0. The Hall–Kier alpha value is -1.83. The molecule has 1 saturated heterocycles. The predicted octanol–water partition coefficient (Wildman–Crippen LogP) is 6.03. The molecule has 3 unspecified atom stereocenters. The quantitative estimate of drug-likeness (QED) is 0.284. The van der Waals surface area contributed by atoms with Gasteiger partial charge >= 0.3 is 0 Å². The first-order valence-electron chi connectivity index (χ1n) is 11.9. The number of hydrogen-bond donors (Lipinski definition) is 2. The first-order chi connectivity index (χ1) is 17.1. The monoisotopic (exact) mass is 551 g/mol. The highest BCUT2D eigenvalue weighted by Crippen LogP contribution is 2.30.